The van der Waals surface area contributed by atoms with E-state index in [9.17, 15) is 0 Å². The normalized spacial score (nSPS) is 17.1. The summed E-state index contributed by atoms with van der Waals surface area (Å²) in [6.45, 7) is 6.61. The van der Waals surface area contributed by atoms with E-state index in [1.807, 2.05) is 0 Å². The molecule has 1 aromatic rings. The summed E-state index contributed by atoms with van der Waals surface area (Å²) in [7, 11) is 2.25. The van der Waals surface area contributed by atoms with Gasteiger partial charge in [-0.15, -0.1) is 0 Å². The lowest BCUT2D eigenvalue weighted by Gasteiger charge is -2.24. The van der Waals surface area contributed by atoms with Crippen LogP contribution in [0.3, 0.4) is 0 Å². The molecule has 0 radical (unpaired) electrons. The van der Waals surface area contributed by atoms with Crippen molar-refractivity contribution in [2.45, 2.75) is 51.7 Å². The number of benzene rings is 1. The number of aryl methyl sites for hydroxylation is 1. The van der Waals surface area contributed by atoms with E-state index in [2.05, 4.69) is 55.4 Å². The smallest absolute Gasteiger partial charge is 0.0208 e. The van der Waals surface area contributed by atoms with Crippen molar-refractivity contribution in [2.75, 3.05) is 13.6 Å². The van der Waals surface area contributed by atoms with Gasteiger partial charge in [0.15, 0.2) is 0 Å². The van der Waals surface area contributed by atoms with E-state index >= 15 is 0 Å². The van der Waals surface area contributed by atoms with E-state index in [0.717, 1.165) is 25.6 Å². The van der Waals surface area contributed by atoms with E-state index < -0.39 is 0 Å². The van der Waals surface area contributed by atoms with Crippen molar-refractivity contribution in [3.05, 3.63) is 35.4 Å². The molecule has 1 aliphatic rings. The van der Waals surface area contributed by atoms with E-state index in [-0.39, 0.29) is 0 Å². The van der Waals surface area contributed by atoms with Gasteiger partial charge in [-0.3, -0.25) is 4.90 Å². The number of hydrogen-bond donors (Lipinski definition) is 1. The number of nitrogens with one attached hydrogen (secondary N) is 1. The Balaban J connectivity index is 1.77. The van der Waals surface area contributed by atoms with Crippen LogP contribution in [-0.2, 0) is 13.0 Å². The fraction of sp³-hybridized carbons (Fsp3) is 0.625. The maximum Gasteiger partial charge on any atom is 0.0208 e. The van der Waals surface area contributed by atoms with Crippen LogP contribution in [0.1, 0.15) is 37.8 Å². The van der Waals surface area contributed by atoms with Gasteiger partial charge in [0.2, 0.25) is 0 Å². The van der Waals surface area contributed by atoms with E-state index in [4.69, 9.17) is 0 Å². The van der Waals surface area contributed by atoms with Crippen LogP contribution in [0.4, 0.5) is 0 Å². The maximum atomic E-state index is 3.60. The molecular weight excluding hydrogens is 220 g/mol. The van der Waals surface area contributed by atoms with Gasteiger partial charge in [-0.25, -0.2) is 0 Å². The van der Waals surface area contributed by atoms with Crippen LogP contribution >= 0.6 is 0 Å². The summed E-state index contributed by atoms with van der Waals surface area (Å²) in [5.41, 5.74) is 2.91. The molecule has 1 atom stereocenters. The molecule has 18 heavy (non-hydrogen) atoms. The second-order valence-electron chi connectivity index (χ2n) is 5.50. The minimum atomic E-state index is 0.631. The third-order valence-electron chi connectivity index (χ3n) is 4.07. The minimum absolute atomic E-state index is 0.631. The molecule has 0 amide bonds. The van der Waals surface area contributed by atoms with Crippen LogP contribution in [0.25, 0.3) is 0 Å². The van der Waals surface area contributed by atoms with Crippen molar-refractivity contribution in [2.24, 2.45) is 0 Å². The number of hydrogen-bond acceptors (Lipinski definition) is 2. The summed E-state index contributed by atoms with van der Waals surface area (Å²) in [5, 5.41) is 3.60. The van der Waals surface area contributed by atoms with Crippen molar-refractivity contribution < 1.29 is 0 Å². The molecule has 2 rings (SSSR count). The number of nitrogens with zero attached hydrogens (tertiary/aromatic N) is 1. The van der Waals surface area contributed by atoms with E-state index in [1.165, 1.54) is 24.0 Å². The first-order chi connectivity index (χ1) is 8.72. The average Bonchev–Trinajstić information content (AvgIpc) is 3.22. The summed E-state index contributed by atoms with van der Waals surface area (Å²) in [6, 6.07) is 10.2. The summed E-state index contributed by atoms with van der Waals surface area (Å²) in [6.07, 6.45) is 3.90. The van der Waals surface area contributed by atoms with Gasteiger partial charge in [-0.2, -0.15) is 0 Å². The van der Waals surface area contributed by atoms with Crippen molar-refractivity contribution in [1.82, 2.24) is 10.2 Å². The van der Waals surface area contributed by atoms with Gasteiger partial charge in [0.25, 0.3) is 0 Å². The van der Waals surface area contributed by atoms with Gasteiger partial charge in [-0.05, 0) is 44.4 Å². The van der Waals surface area contributed by atoms with Gasteiger partial charge >= 0.3 is 0 Å². The summed E-state index contributed by atoms with van der Waals surface area (Å²) < 4.78 is 0. The van der Waals surface area contributed by atoms with Gasteiger partial charge in [0, 0.05) is 25.2 Å². The fourth-order valence-corrected chi connectivity index (χ4v) is 2.48. The second kappa shape index (κ2) is 6.35. The summed E-state index contributed by atoms with van der Waals surface area (Å²) >= 11 is 0. The first-order valence-corrected chi connectivity index (χ1v) is 7.21. The molecule has 0 saturated heterocycles. The minimum Gasteiger partial charge on any atom is -0.311 e. The first kappa shape index (κ1) is 13.6. The summed E-state index contributed by atoms with van der Waals surface area (Å²) in [4.78, 5) is 2.51. The maximum absolute atomic E-state index is 3.60. The van der Waals surface area contributed by atoms with Gasteiger partial charge in [-0.1, -0.05) is 31.2 Å². The molecule has 1 aromatic carbocycles. The Hall–Kier alpha value is -0.860. The predicted octanol–water partition coefficient (Wildman–Crippen LogP) is 2.82. The largest absolute Gasteiger partial charge is 0.311 e. The van der Waals surface area contributed by atoms with Crippen LogP contribution in [0.15, 0.2) is 24.3 Å². The predicted molar refractivity (Wildman–Crippen MR) is 77.8 cm³/mol. The Labute approximate surface area is 111 Å². The monoisotopic (exact) mass is 246 g/mol. The molecule has 100 valence electrons. The first-order valence-electron chi connectivity index (χ1n) is 7.21. The zero-order valence-electron chi connectivity index (χ0n) is 11.9. The lowest BCUT2D eigenvalue weighted by molar-refractivity contribution is 0.241. The van der Waals surface area contributed by atoms with E-state index in [1.54, 1.807) is 0 Å². The highest BCUT2D eigenvalue weighted by molar-refractivity contribution is 5.26. The Morgan fingerprint density at radius 2 is 1.94 bits per heavy atom. The Morgan fingerprint density at radius 1 is 1.28 bits per heavy atom. The molecule has 0 spiro atoms. The fourth-order valence-electron chi connectivity index (χ4n) is 2.48. The number of likely N-dealkylation sites (N-methyl/N-ethyl adjacent to an activating group) is 1. The molecule has 1 N–H and O–H groups in total. The van der Waals surface area contributed by atoms with E-state index in [0.29, 0.717) is 6.04 Å². The lowest BCUT2D eigenvalue weighted by Crippen LogP contribution is -2.39. The molecule has 0 bridgehead atoms. The van der Waals surface area contributed by atoms with Crippen molar-refractivity contribution in [3.8, 4) is 0 Å². The molecule has 1 unspecified atom stereocenters. The van der Waals surface area contributed by atoms with Gasteiger partial charge in [0.1, 0.15) is 0 Å². The molecule has 0 heterocycles. The third kappa shape index (κ3) is 3.56. The van der Waals surface area contributed by atoms with Crippen LogP contribution in [0.5, 0.6) is 0 Å². The Bertz CT molecular complexity index is 371. The van der Waals surface area contributed by atoms with Gasteiger partial charge < -0.3 is 5.32 Å². The van der Waals surface area contributed by atoms with Crippen molar-refractivity contribution in [1.29, 1.82) is 0 Å². The highest BCUT2D eigenvalue weighted by Gasteiger charge is 2.28. The second-order valence-corrected chi connectivity index (χ2v) is 5.50. The highest BCUT2D eigenvalue weighted by Crippen LogP contribution is 2.26. The summed E-state index contributed by atoms with van der Waals surface area (Å²) in [5.74, 6) is 0. The molecule has 1 aliphatic carbocycles. The molecule has 2 heteroatoms. The molecule has 0 aromatic heterocycles. The standard InChI is InChI=1S/C16H26N2/c1-4-14-7-5-6-8-15(14)12-17-11-13(2)18(3)16-9-10-16/h5-8,13,16-17H,4,9-12H2,1-3H3. The van der Waals surface area contributed by atoms with Crippen LogP contribution in [0.2, 0.25) is 0 Å². The van der Waals surface area contributed by atoms with Crippen molar-refractivity contribution >= 4 is 0 Å². The topological polar surface area (TPSA) is 15.3 Å². The Morgan fingerprint density at radius 3 is 2.56 bits per heavy atom. The zero-order chi connectivity index (χ0) is 13.0. The van der Waals surface area contributed by atoms with Crippen molar-refractivity contribution in [3.63, 3.8) is 0 Å². The zero-order valence-corrected chi connectivity index (χ0v) is 11.9. The van der Waals surface area contributed by atoms with Crippen LogP contribution < -0.4 is 5.32 Å². The van der Waals surface area contributed by atoms with Crippen LogP contribution in [-0.4, -0.2) is 30.6 Å². The molecule has 1 saturated carbocycles. The molecular formula is C16H26N2. The highest BCUT2D eigenvalue weighted by atomic mass is 15.2. The molecule has 2 nitrogen and oxygen atoms in total. The van der Waals surface area contributed by atoms with Crippen LogP contribution in [0, 0.1) is 0 Å². The average molecular weight is 246 g/mol. The molecule has 0 aliphatic heterocycles. The lowest BCUT2D eigenvalue weighted by atomic mass is 10.1. The van der Waals surface area contributed by atoms with Gasteiger partial charge in [0.05, 0.1) is 0 Å². The Kier molecular flexibility index (Phi) is 4.79. The SMILES string of the molecule is CCc1ccccc1CNCC(C)N(C)C1CC1. The third-order valence-corrected chi connectivity index (χ3v) is 4.07. The number of rotatable bonds is 7. The quantitative estimate of drug-likeness (QED) is 0.796. The molecule has 1 fully saturated rings.